The lowest BCUT2D eigenvalue weighted by atomic mass is 10.0. The number of aliphatic imine (C=N–C) groups is 1. The maximum absolute atomic E-state index is 4.92. The van der Waals surface area contributed by atoms with E-state index in [1.807, 2.05) is 12.4 Å². The molecule has 25 heavy (non-hydrogen) atoms. The highest BCUT2D eigenvalue weighted by Crippen LogP contribution is 2.35. The van der Waals surface area contributed by atoms with Crippen LogP contribution in [-0.4, -0.2) is 11.2 Å². The van der Waals surface area contributed by atoms with E-state index in [4.69, 9.17) is 4.99 Å². The minimum Gasteiger partial charge on any atom is -0.361 e. The van der Waals surface area contributed by atoms with Crippen molar-refractivity contribution >= 4 is 44.3 Å². The summed E-state index contributed by atoms with van der Waals surface area (Å²) in [5.41, 5.74) is 3.24. The van der Waals surface area contributed by atoms with Gasteiger partial charge in [-0.15, -0.1) is 0 Å². The van der Waals surface area contributed by atoms with Crippen molar-refractivity contribution in [1.82, 2.24) is 4.98 Å². The molecule has 0 radical (unpaired) electrons. The lowest BCUT2D eigenvalue weighted by molar-refractivity contribution is 1.47. The van der Waals surface area contributed by atoms with Crippen LogP contribution in [0.3, 0.4) is 0 Å². The predicted octanol–water partition coefficient (Wildman–Crippen LogP) is 6.22. The van der Waals surface area contributed by atoms with Gasteiger partial charge in [-0.3, -0.25) is 4.99 Å². The fourth-order valence-electron chi connectivity index (χ4n) is 3.48. The average Bonchev–Trinajstić information content (AvgIpc) is 3.14. The van der Waals surface area contributed by atoms with E-state index in [9.17, 15) is 0 Å². The molecule has 0 atom stereocenters. The molecule has 0 unspecified atom stereocenters. The fourth-order valence-corrected chi connectivity index (χ4v) is 3.48. The molecule has 5 aromatic rings. The number of rotatable bonds is 2. The van der Waals surface area contributed by atoms with Crippen molar-refractivity contribution in [3.63, 3.8) is 0 Å². The Kier molecular flexibility index (Phi) is 3.14. The molecular formula is C23H16N2. The first-order valence-corrected chi connectivity index (χ1v) is 8.41. The smallest absolute Gasteiger partial charge is 0.0786 e. The summed E-state index contributed by atoms with van der Waals surface area (Å²) >= 11 is 0. The van der Waals surface area contributed by atoms with Gasteiger partial charge in [0, 0.05) is 34.1 Å². The first kappa shape index (κ1) is 14.0. The molecule has 4 aromatic carbocycles. The molecule has 0 saturated heterocycles. The molecule has 1 N–H and O–H groups in total. The van der Waals surface area contributed by atoms with Gasteiger partial charge in [-0.2, -0.15) is 0 Å². The van der Waals surface area contributed by atoms with Crippen LogP contribution in [0.4, 0.5) is 5.69 Å². The topological polar surface area (TPSA) is 28.1 Å². The second-order valence-corrected chi connectivity index (χ2v) is 6.21. The molecule has 0 spiro atoms. The Morgan fingerprint density at radius 3 is 2.12 bits per heavy atom. The molecule has 0 aliphatic rings. The average molecular weight is 320 g/mol. The summed E-state index contributed by atoms with van der Waals surface area (Å²) in [4.78, 5) is 8.23. The van der Waals surface area contributed by atoms with Crippen molar-refractivity contribution in [1.29, 1.82) is 0 Å². The van der Waals surface area contributed by atoms with E-state index < -0.39 is 0 Å². The lowest BCUT2D eigenvalue weighted by Crippen LogP contribution is -1.84. The minimum atomic E-state index is 1.03. The standard InChI is InChI=1S/C23H16N2/c1-3-10-20-17(6-1)14-18-7-2-4-11-21(18)23(20)25-15-19-9-5-8-16-12-13-24-22(16)19/h1-15,24H/b25-15+. The SMILES string of the molecule is C(=N\c1c2ccccc2cc2ccccc12)/c1cccc2cc[nH]c12. The van der Waals surface area contributed by atoms with Crippen molar-refractivity contribution in [2.24, 2.45) is 4.99 Å². The van der Waals surface area contributed by atoms with Crippen LogP contribution >= 0.6 is 0 Å². The van der Waals surface area contributed by atoms with E-state index in [2.05, 4.69) is 83.8 Å². The molecule has 2 heteroatoms. The second kappa shape index (κ2) is 5.60. The van der Waals surface area contributed by atoms with E-state index in [0.717, 1.165) is 16.8 Å². The Morgan fingerprint density at radius 2 is 1.36 bits per heavy atom. The lowest BCUT2D eigenvalue weighted by Gasteiger charge is -2.07. The number of aromatic nitrogens is 1. The third-order valence-corrected chi connectivity index (χ3v) is 4.70. The van der Waals surface area contributed by atoms with Gasteiger partial charge in [0.15, 0.2) is 0 Å². The normalized spacial score (nSPS) is 11.8. The van der Waals surface area contributed by atoms with Crippen LogP contribution in [0, 0.1) is 0 Å². The molecule has 0 bridgehead atoms. The van der Waals surface area contributed by atoms with Crippen molar-refractivity contribution in [3.8, 4) is 0 Å². The van der Waals surface area contributed by atoms with Crippen molar-refractivity contribution < 1.29 is 0 Å². The highest BCUT2D eigenvalue weighted by molar-refractivity contribution is 6.11. The molecule has 0 aliphatic heterocycles. The zero-order valence-electron chi connectivity index (χ0n) is 13.6. The van der Waals surface area contributed by atoms with Crippen LogP contribution < -0.4 is 0 Å². The molecule has 2 nitrogen and oxygen atoms in total. The number of para-hydroxylation sites is 1. The number of fused-ring (bicyclic) bond motifs is 3. The van der Waals surface area contributed by atoms with Gasteiger partial charge in [-0.25, -0.2) is 0 Å². The van der Waals surface area contributed by atoms with Gasteiger partial charge in [-0.05, 0) is 22.9 Å². The van der Waals surface area contributed by atoms with Gasteiger partial charge in [0.1, 0.15) is 0 Å². The van der Waals surface area contributed by atoms with Gasteiger partial charge in [0.25, 0.3) is 0 Å². The summed E-state index contributed by atoms with van der Waals surface area (Å²) in [6.45, 7) is 0. The first-order valence-electron chi connectivity index (χ1n) is 8.41. The maximum Gasteiger partial charge on any atom is 0.0786 e. The number of benzene rings is 4. The maximum atomic E-state index is 4.92. The molecule has 0 aliphatic carbocycles. The summed E-state index contributed by atoms with van der Waals surface area (Å²) in [6, 6.07) is 27.4. The molecule has 5 rings (SSSR count). The van der Waals surface area contributed by atoms with Crippen LogP contribution in [-0.2, 0) is 0 Å². The number of hydrogen-bond acceptors (Lipinski definition) is 1. The summed E-state index contributed by atoms with van der Waals surface area (Å²) in [5, 5.41) is 5.98. The van der Waals surface area contributed by atoms with Crippen molar-refractivity contribution in [2.75, 3.05) is 0 Å². The highest BCUT2D eigenvalue weighted by Gasteiger charge is 2.06. The number of hydrogen-bond donors (Lipinski definition) is 1. The molecule has 0 fully saturated rings. The quantitative estimate of drug-likeness (QED) is 0.295. The Bertz CT molecular complexity index is 1190. The third kappa shape index (κ3) is 2.31. The van der Waals surface area contributed by atoms with Gasteiger partial charge in [0.05, 0.1) is 11.2 Å². The van der Waals surface area contributed by atoms with E-state index in [1.165, 1.54) is 26.9 Å². The van der Waals surface area contributed by atoms with Gasteiger partial charge >= 0.3 is 0 Å². The molecule has 118 valence electrons. The van der Waals surface area contributed by atoms with Crippen LogP contribution in [0.1, 0.15) is 5.56 Å². The second-order valence-electron chi connectivity index (χ2n) is 6.21. The zero-order valence-corrected chi connectivity index (χ0v) is 13.6. The van der Waals surface area contributed by atoms with E-state index in [0.29, 0.717) is 0 Å². The first-order chi connectivity index (χ1) is 12.4. The number of nitrogens with one attached hydrogen (secondary N) is 1. The number of aromatic amines is 1. The van der Waals surface area contributed by atoms with Crippen LogP contribution in [0.15, 0.2) is 90.1 Å². The predicted molar refractivity (Wildman–Crippen MR) is 107 cm³/mol. The fraction of sp³-hybridized carbons (Fsp3) is 0. The Labute approximate surface area is 145 Å². The Morgan fingerprint density at radius 1 is 0.680 bits per heavy atom. The van der Waals surface area contributed by atoms with E-state index in [1.54, 1.807) is 0 Å². The molecule has 1 aromatic heterocycles. The number of H-pyrrole nitrogens is 1. The Balaban J connectivity index is 1.77. The van der Waals surface area contributed by atoms with Crippen LogP contribution in [0.2, 0.25) is 0 Å². The number of nitrogens with zero attached hydrogens (tertiary/aromatic N) is 1. The summed E-state index contributed by atoms with van der Waals surface area (Å²) < 4.78 is 0. The Hall–Kier alpha value is -3.39. The zero-order chi connectivity index (χ0) is 16.6. The van der Waals surface area contributed by atoms with Crippen molar-refractivity contribution in [2.45, 2.75) is 0 Å². The summed E-state index contributed by atoms with van der Waals surface area (Å²) in [7, 11) is 0. The van der Waals surface area contributed by atoms with E-state index in [-0.39, 0.29) is 0 Å². The van der Waals surface area contributed by atoms with E-state index >= 15 is 0 Å². The van der Waals surface area contributed by atoms with Crippen LogP contribution in [0.5, 0.6) is 0 Å². The third-order valence-electron chi connectivity index (χ3n) is 4.70. The van der Waals surface area contributed by atoms with Gasteiger partial charge in [0.2, 0.25) is 0 Å². The molecule has 1 heterocycles. The minimum absolute atomic E-state index is 1.03. The monoisotopic (exact) mass is 320 g/mol. The van der Waals surface area contributed by atoms with Crippen LogP contribution in [0.25, 0.3) is 32.4 Å². The molecule has 0 saturated carbocycles. The molecule has 0 amide bonds. The summed E-state index contributed by atoms with van der Waals surface area (Å²) in [6.07, 6.45) is 3.93. The highest BCUT2D eigenvalue weighted by atomic mass is 14.7. The van der Waals surface area contributed by atoms with Gasteiger partial charge in [-0.1, -0.05) is 66.7 Å². The largest absolute Gasteiger partial charge is 0.361 e. The molecular weight excluding hydrogens is 304 g/mol. The summed E-state index contributed by atoms with van der Waals surface area (Å²) in [5.74, 6) is 0. The van der Waals surface area contributed by atoms with Gasteiger partial charge < -0.3 is 4.98 Å². The van der Waals surface area contributed by atoms with Crippen molar-refractivity contribution in [3.05, 3.63) is 90.6 Å².